The van der Waals surface area contributed by atoms with Crippen LogP contribution >= 0.6 is 0 Å². The maximum absolute atomic E-state index is 4.30. The van der Waals surface area contributed by atoms with Crippen LogP contribution in [0.4, 0.5) is 0 Å². The summed E-state index contributed by atoms with van der Waals surface area (Å²) in [6, 6.07) is 8.78. The first-order valence-corrected chi connectivity index (χ1v) is 5.49. The summed E-state index contributed by atoms with van der Waals surface area (Å²) in [6.45, 7) is 0. The van der Waals surface area contributed by atoms with Crippen molar-refractivity contribution in [2.45, 2.75) is 25.2 Å². The molecule has 76 valence electrons. The number of H-pyrrole nitrogens is 1. The molecule has 0 saturated carbocycles. The van der Waals surface area contributed by atoms with Crippen LogP contribution in [0, 0.1) is 0 Å². The van der Waals surface area contributed by atoms with Crippen molar-refractivity contribution in [1.29, 1.82) is 0 Å². The average Bonchev–Trinajstić information content (AvgIpc) is 2.89. The van der Waals surface area contributed by atoms with E-state index in [2.05, 4.69) is 34.2 Å². The molecule has 1 atom stereocenters. The van der Waals surface area contributed by atoms with Crippen molar-refractivity contribution in [3.8, 4) is 0 Å². The molecule has 0 radical (unpaired) electrons. The minimum atomic E-state index is 0.660. The van der Waals surface area contributed by atoms with Gasteiger partial charge in [0.05, 0.1) is 0 Å². The van der Waals surface area contributed by atoms with Gasteiger partial charge >= 0.3 is 0 Å². The number of imidazole rings is 1. The third kappa shape index (κ3) is 1.56. The lowest BCUT2D eigenvalue weighted by Gasteiger charge is -2.08. The molecule has 0 aliphatic heterocycles. The predicted octanol–water partition coefficient (Wildman–Crippen LogP) is 2.68. The number of aromatic amines is 1. The van der Waals surface area contributed by atoms with Crippen LogP contribution in [-0.4, -0.2) is 9.97 Å². The largest absolute Gasteiger partial charge is 0.349 e. The molecule has 1 aliphatic carbocycles. The first-order valence-electron chi connectivity index (χ1n) is 5.49. The smallest absolute Gasteiger partial charge is 0.106 e. The predicted molar refractivity (Wildman–Crippen MR) is 59.8 cm³/mol. The quantitative estimate of drug-likeness (QED) is 0.789. The van der Waals surface area contributed by atoms with Crippen LogP contribution in [0.5, 0.6) is 0 Å². The third-order valence-corrected chi connectivity index (χ3v) is 3.25. The normalized spacial score (nSPS) is 19.1. The summed E-state index contributed by atoms with van der Waals surface area (Å²) >= 11 is 0. The van der Waals surface area contributed by atoms with Gasteiger partial charge < -0.3 is 4.98 Å². The summed E-state index contributed by atoms with van der Waals surface area (Å²) < 4.78 is 0. The van der Waals surface area contributed by atoms with Crippen LogP contribution in [0.2, 0.25) is 0 Å². The SMILES string of the molecule is c1ccc2c(c1)CC[C@H]2Cc1ncc[nH]1. The zero-order valence-corrected chi connectivity index (χ0v) is 8.61. The lowest BCUT2D eigenvalue weighted by atomic mass is 9.98. The van der Waals surface area contributed by atoms with Crippen LogP contribution < -0.4 is 0 Å². The van der Waals surface area contributed by atoms with Crippen LogP contribution in [0.1, 0.15) is 29.3 Å². The molecule has 3 rings (SSSR count). The van der Waals surface area contributed by atoms with Crippen molar-refractivity contribution in [2.24, 2.45) is 0 Å². The Kier molecular flexibility index (Phi) is 2.05. The first-order chi connectivity index (χ1) is 7.43. The Hall–Kier alpha value is -1.57. The number of hydrogen-bond donors (Lipinski definition) is 1. The van der Waals surface area contributed by atoms with E-state index < -0.39 is 0 Å². The average molecular weight is 198 g/mol. The number of nitrogens with zero attached hydrogens (tertiary/aromatic N) is 1. The summed E-state index contributed by atoms with van der Waals surface area (Å²) in [5.41, 5.74) is 3.04. The molecule has 2 nitrogen and oxygen atoms in total. The highest BCUT2D eigenvalue weighted by atomic mass is 14.9. The Morgan fingerprint density at radius 1 is 1.33 bits per heavy atom. The molecule has 2 aromatic rings. The maximum Gasteiger partial charge on any atom is 0.106 e. The topological polar surface area (TPSA) is 28.7 Å². The number of aryl methyl sites for hydroxylation is 1. The fourth-order valence-corrected chi connectivity index (χ4v) is 2.50. The van der Waals surface area contributed by atoms with E-state index in [1.165, 1.54) is 24.0 Å². The van der Waals surface area contributed by atoms with Gasteiger partial charge in [-0.05, 0) is 29.9 Å². The minimum absolute atomic E-state index is 0.660. The van der Waals surface area contributed by atoms with Crippen molar-refractivity contribution in [3.05, 3.63) is 53.6 Å². The summed E-state index contributed by atoms with van der Waals surface area (Å²) in [5, 5.41) is 0. The van der Waals surface area contributed by atoms with Gasteiger partial charge in [0.25, 0.3) is 0 Å². The summed E-state index contributed by atoms with van der Waals surface area (Å²) in [5.74, 6) is 1.77. The Morgan fingerprint density at radius 2 is 2.27 bits per heavy atom. The van der Waals surface area contributed by atoms with Gasteiger partial charge in [-0.1, -0.05) is 24.3 Å². The molecule has 15 heavy (non-hydrogen) atoms. The van der Waals surface area contributed by atoms with Gasteiger partial charge in [-0.2, -0.15) is 0 Å². The Labute approximate surface area is 89.4 Å². The van der Waals surface area contributed by atoms with E-state index >= 15 is 0 Å². The minimum Gasteiger partial charge on any atom is -0.349 e. The second-order valence-electron chi connectivity index (χ2n) is 4.17. The van der Waals surface area contributed by atoms with Gasteiger partial charge in [0.1, 0.15) is 5.82 Å². The molecule has 0 unspecified atom stereocenters. The highest BCUT2D eigenvalue weighted by Crippen LogP contribution is 2.34. The number of benzene rings is 1. The van der Waals surface area contributed by atoms with E-state index in [1.807, 2.05) is 12.4 Å². The molecule has 0 fully saturated rings. The Morgan fingerprint density at radius 3 is 3.13 bits per heavy atom. The van der Waals surface area contributed by atoms with E-state index in [1.54, 1.807) is 0 Å². The second kappa shape index (κ2) is 3.54. The van der Waals surface area contributed by atoms with E-state index in [0.717, 1.165) is 12.2 Å². The summed E-state index contributed by atoms with van der Waals surface area (Å²) in [7, 11) is 0. The highest BCUT2D eigenvalue weighted by molar-refractivity contribution is 5.35. The van der Waals surface area contributed by atoms with E-state index in [-0.39, 0.29) is 0 Å². The summed E-state index contributed by atoms with van der Waals surface area (Å²) in [6.07, 6.45) is 7.26. The van der Waals surface area contributed by atoms with Gasteiger partial charge in [0.2, 0.25) is 0 Å². The highest BCUT2D eigenvalue weighted by Gasteiger charge is 2.22. The molecule has 0 spiro atoms. The molecule has 0 bridgehead atoms. The molecule has 1 aromatic carbocycles. The van der Waals surface area contributed by atoms with Crippen LogP contribution in [0.15, 0.2) is 36.7 Å². The Balaban J connectivity index is 1.85. The van der Waals surface area contributed by atoms with Crippen molar-refractivity contribution in [2.75, 3.05) is 0 Å². The van der Waals surface area contributed by atoms with Gasteiger partial charge in [-0.25, -0.2) is 4.98 Å². The van der Waals surface area contributed by atoms with Crippen molar-refractivity contribution >= 4 is 0 Å². The van der Waals surface area contributed by atoms with E-state index in [4.69, 9.17) is 0 Å². The maximum atomic E-state index is 4.30. The molecule has 1 aromatic heterocycles. The number of aromatic nitrogens is 2. The molecule has 0 amide bonds. The fourth-order valence-electron chi connectivity index (χ4n) is 2.50. The molecular weight excluding hydrogens is 184 g/mol. The van der Waals surface area contributed by atoms with Gasteiger partial charge in [-0.15, -0.1) is 0 Å². The van der Waals surface area contributed by atoms with Crippen molar-refractivity contribution in [3.63, 3.8) is 0 Å². The lowest BCUT2D eigenvalue weighted by Crippen LogP contribution is -2.00. The Bertz CT molecular complexity index is 445. The molecule has 1 heterocycles. The third-order valence-electron chi connectivity index (χ3n) is 3.25. The lowest BCUT2D eigenvalue weighted by molar-refractivity contribution is 0.654. The number of nitrogens with one attached hydrogen (secondary N) is 1. The second-order valence-corrected chi connectivity index (χ2v) is 4.17. The fraction of sp³-hybridized carbons (Fsp3) is 0.308. The number of fused-ring (bicyclic) bond motifs is 1. The molecular formula is C13H14N2. The van der Waals surface area contributed by atoms with Crippen molar-refractivity contribution in [1.82, 2.24) is 9.97 Å². The molecule has 0 saturated heterocycles. The number of hydrogen-bond acceptors (Lipinski definition) is 1. The molecule has 1 aliphatic rings. The van der Waals surface area contributed by atoms with Crippen LogP contribution in [0.3, 0.4) is 0 Å². The van der Waals surface area contributed by atoms with Crippen LogP contribution in [0.25, 0.3) is 0 Å². The standard InChI is InChI=1S/C13H14N2/c1-2-4-12-10(3-1)5-6-11(12)9-13-14-7-8-15-13/h1-4,7-8,11H,5-6,9H2,(H,14,15)/t11-/m0/s1. The van der Waals surface area contributed by atoms with Gasteiger partial charge in [0, 0.05) is 18.8 Å². The zero-order chi connectivity index (χ0) is 10.1. The summed E-state index contributed by atoms with van der Waals surface area (Å²) in [4.78, 5) is 7.48. The van der Waals surface area contributed by atoms with Crippen molar-refractivity contribution < 1.29 is 0 Å². The monoisotopic (exact) mass is 198 g/mol. The first kappa shape index (κ1) is 8.72. The zero-order valence-electron chi connectivity index (χ0n) is 8.61. The van der Waals surface area contributed by atoms with Crippen LogP contribution in [-0.2, 0) is 12.8 Å². The van der Waals surface area contributed by atoms with E-state index in [9.17, 15) is 0 Å². The molecule has 1 N–H and O–H groups in total. The molecule has 2 heteroatoms. The number of rotatable bonds is 2. The van der Waals surface area contributed by atoms with Gasteiger partial charge in [-0.3, -0.25) is 0 Å². The van der Waals surface area contributed by atoms with Gasteiger partial charge in [0.15, 0.2) is 0 Å². The van der Waals surface area contributed by atoms with E-state index in [0.29, 0.717) is 5.92 Å².